The van der Waals surface area contributed by atoms with Crippen LogP contribution in [-0.2, 0) is 9.53 Å². The SMILES string of the molecule is Cl.Cl.NCC(=O)NC(CN1CCOCC1)c1ccccc1. The summed E-state index contributed by atoms with van der Waals surface area (Å²) in [7, 11) is 0. The third-order valence-electron chi connectivity index (χ3n) is 3.27. The van der Waals surface area contributed by atoms with Crippen molar-refractivity contribution in [2.24, 2.45) is 5.73 Å². The van der Waals surface area contributed by atoms with Gasteiger partial charge in [-0.25, -0.2) is 0 Å². The van der Waals surface area contributed by atoms with E-state index in [4.69, 9.17) is 10.5 Å². The normalized spacial score (nSPS) is 16.2. The Kier molecular flexibility index (Phi) is 10.4. The topological polar surface area (TPSA) is 67.6 Å². The molecule has 3 N–H and O–H groups in total. The van der Waals surface area contributed by atoms with Crippen molar-refractivity contribution in [2.75, 3.05) is 39.4 Å². The monoisotopic (exact) mass is 335 g/mol. The lowest BCUT2D eigenvalue weighted by Crippen LogP contribution is -2.44. The maximum atomic E-state index is 11.6. The van der Waals surface area contributed by atoms with Gasteiger partial charge in [0.05, 0.1) is 25.8 Å². The number of nitrogens with two attached hydrogens (primary N) is 1. The van der Waals surface area contributed by atoms with E-state index in [1.54, 1.807) is 0 Å². The standard InChI is InChI=1S/C14H21N3O2.2ClH/c15-10-14(18)16-13(12-4-2-1-3-5-12)11-17-6-8-19-9-7-17;;/h1-5,13H,6-11,15H2,(H,16,18);2*1H. The van der Waals surface area contributed by atoms with E-state index in [1.165, 1.54) is 0 Å². The number of ether oxygens (including phenoxy) is 1. The third-order valence-corrected chi connectivity index (χ3v) is 3.27. The predicted octanol–water partition coefficient (Wildman–Crippen LogP) is 0.978. The molecule has 1 aliphatic rings. The van der Waals surface area contributed by atoms with Gasteiger partial charge in [0, 0.05) is 19.6 Å². The Morgan fingerprint density at radius 3 is 2.43 bits per heavy atom. The van der Waals surface area contributed by atoms with E-state index in [1.807, 2.05) is 30.3 Å². The Morgan fingerprint density at radius 1 is 1.24 bits per heavy atom. The second kappa shape index (κ2) is 10.8. The van der Waals surface area contributed by atoms with E-state index in [0.29, 0.717) is 0 Å². The van der Waals surface area contributed by atoms with Gasteiger partial charge in [-0.3, -0.25) is 9.69 Å². The quantitative estimate of drug-likeness (QED) is 0.841. The van der Waals surface area contributed by atoms with Crippen molar-refractivity contribution in [1.82, 2.24) is 10.2 Å². The molecule has 1 aromatic rings. The highest BCUT2D eigenvalue weighted by Gasteiger charge is 2.19. The summed E-state index contributed by atoms with van der Waals surface area (Å²) in [5, 5.41) is 2.98. The van der Waals surface area contributed by atoms with Gasteiger partial charge in [0.1, 0.15) is 0 Å². The Balaban J connectivity index is 0.00000200. The maximum Gasteiger partial charge on any atom is 0.234 e. The van der Waals surface area contributed by atoms with Crippen LogP contribution < -0.4 is 11.1 Å². The molecule has 21 heavy (non-hydrogen) atoms. The summed E-state index contributed by atoms with van der Waals surface area (Å²) in [6, 6.07) is 9.98. The van der Waals surface area contributed by atoms with E-state index in [0.717, 1.165) is 38.4 Å². The number of amides is 1. The minimum absolute atomic E-state index is 0. The molecule has 0 aliphatic carbocycles. The molecule has 1 heterocycles. The first-order valence-corrected chi connectivity index (χ1v) is 6.64. The molecule has 0 saturated carbocycles. The van der Waals surface area contributed by atoms with Crippen LogP contribution in [0.2, 0.25) is 0 Å². The highest BCUT2D eigenvalue weighted by atomic mass is 35.5. The average molecular weight is 336 g/mol. The van der Waals surface area contributed by atoms with Gasteiger partial charge < -0.3 is 15.8 Å². The van der Waals surface area contributed by atoms with Crippen LogP contribution in [0.25, 0.3) is 0 Å². The van der Waals surface area contributed by atoms with Gasteiger partial charge in [-0.05, 0) is 5.56 Å². The number of benzene rings is 1. The summed E-state index contributed by atoms with van der Waals surface area (Å²) in [5.74, 6) is -0.123. The van der Waals surface area contributed by atoms with Crippen LogP contribution in [0, 0.1) is 0 Å². The van der Waals surface area contributed by atoms with Gasteiger partial charge in [0.15, 0.2) is 0 Å². The second-order valence-corrected chi connectivity index (χ2v) is 4.65. The van der Waals surface area contributed by atoms with Crippen molar-refractivity contribution in [3.05, 3.63) is 35.9 Å². The molecule has 7 heteroatoms. The molecule has 1 aliphatic heterocycles. The first-order valence-electron chi connectivity index (χ1n) is 6.64. The number of carbonyl (C=O) groups excluding carboxylic acids is 1. The van der Waals surface area contributed by atoms with E-state index < -0.39 is 0 Å². The van der Waals surface area contributed by atoms with Crippen LogP contribution in [0.1, 0.15) is 11.6 Å². The molecule has 2 rings (SSSR count). The van der Waals surface area contributed by atoms with Gasteiger partial charge in [-0.1, -0.05) is 30.3 Å². The molecule has 1 amide bonds. The van der Waals surface area contributed by atoms with Crippen molar-refractivity contribution >= 4 is 30.7 Å². The number of hydrogen-bond donors (Lipinski definition) is 2. The van der Waals surface area contributed by atoms with Crippen molar-refractivity contribution in [3.63, 3.8) is 0 Å². The Morgan fingerprint density at radius 2 is 1.86 bits per heavy atom. The molecule has 0 radical (unpaired) electrons. The number of nitrogens with one attached hydrogen (secondary N) is 1. The Labute approximate surface area is 138 Å². The first kappa shape index (κ1) is 20.1. The number of morpholine rings is 1. The van der Waals surface area contributed by atoms with Crippen LogP contribution >= 0.6 is 24.8 Å². The molecule has 1 unspecified atom stereocenters. The number of halogens is 2. The molecular formula is C14H23Cl2N3O2. The smallest absolute Gasteiger partial charge is 0.234 e. The van der Waals surface area contributed by atoms with Gasteiger partial charge in [-0.15, -0.1) is 24.8 Å². The van der Waals surface area contributed by atoms with Crippen LogP contribution in [0.15, 0.2) is 30.3 Å². The van der Waals surface area contributed by atoms with Gasteiger partial charge >= 0.3 is 0 Å². The molecule has 5 nitrogen and oxygen atoms in total. The van der Waals surface area contributed by atoms with Gasteiger partial charge in [0.2, 0.25) is 5.91 Å². The Hall–Kier alpha value is -0.850. The zero-order valence-corrected chi connectivity index (χ0v) is 13.5. The lowest BCUT2D eigenvalue weighted by Gasteiger charge is -2.31. The van der Waals surface area contributed by atoms with Crippen molar-refractivity contribution < 1.29 is 9.53 Å². The van der Waals surface area contributed by atoms with Crippen LogP contribution in [0.5, 0.6) is 0 Å². The zero-order valence-electron chi connectivity index (χ0n) is 11.9. The molecule has 0 bridgehead atoms. The zero-order chi connectivity index (χ0) is 13.5. The minimum atomic E-state index is -0.123. The van der Waals surface area contributed by atoms with Crippen LogP contribution in [0.4, 0.5) is 0 Å². The molecule has 1 aromatic carbocycles. The fraction of sp³-hybridized carbons (Fsp3) is 0.500. The van der Waals surface area contributed by atoms with E-state index >= 15 is 0 Å². The van der Waals surface area contributed by atoms with Gasteiger partial charge in [-0.2, -0.15) is 0 Å². The Bertz CT molecular complexity index is 400. The lowest BCUT2D eigenvalue weighted by atomic mass is 10.1. The summed E-state index contributed by atoms with van der Waals surface area (Å²) in [4.78, 5) is 13.9. The lowest BCUT2D eigenvalue weighted by molar-refractivity contribution is -0.120. The molecule has 0 aromatic heterocycles. The number of rotatable bonds is 5. The fourth-order valence-electron chi connectivity index (χ4n) is 2.21. The first-order chi connectivity index (χ1) is 9.29. The molecule has 1 fully saturated rings. The summed E-state index contributed by atoms with van der Waals surface area (Å²) in [6.45, 7) is 4.13. The van der Waals surface area contributed by atoms with Crippen molar-refractivity contribution in [2.45, 2.75) is 6.04 Å². The summed E-state index contributed by atoms with van der Waals surface area (Å²) in [6.07, 6.45) is 0. The van der Waals surface area contributed by atoms with E-state index in [9.17, 15) is 4.79 Å². The number of hydrogen-bond acceptors (Lipinski definition) is 4. The largest absolute Gasteiger partial charge is 0.379 e. The molecule has 1 saturated heterocycles. The van der Waals surface area contributed by atoms with Crippen molar-refractivity contribution in [1.29, 1.82) is 0 Å². The van der Waals surface area contributed by atoms with Crippen LogP contribution in [-0.4, -0.2) is 50.2 Å². The molecular weight excluding hydrogens is 313 g/mol. The summed E-state index contributed by atoms with van der Waals surface area (Å²) in [5.41, 5.74) is 6.49. The molecule has 120 valence electrons. The van der Waals surface area contributed by atoms with Gasteiger partial charge in [0.25, 0.3) is 0 Å². The number of carbonyl (C=O) groups is 1. The number of nitrogens with zero attached hydrogens (tertiary/aromatic N) is 1. The molecule has 0 spiro atoms. The highest BCUT2D eigenvalue weighted by Crippen LogP contribution is 2.15. The van der Waals surface area contributed by atoms with Crippen LogP contribution in [0.3, 0.4) is 0 Å². The minimum Gasteiger partial charge on any atom is -0.379 e. The maximum absolute atomic E-state index is 11.6. The second-order valence-electron chi connectivity index (χ2n) is 4.65. The third kappa shape index (κ3) is 6.63. The van der Waals surface area contributed by atoms with E-state index in [2.05, 4.69) is 10.2 Å². The molecule has 1 atom stereocenters. The van der Waals surface area contributed by atoms with Crippen molar-refractivity contribution in [3.8, 4) is 0 Å². The highest BCUT2D eigenvalue weighted by molar-refractivity contribution is 5.85. The fourth-order valence-corrected chi connectivity index (χ4v) is 2.21. The summed E-state index contributed by atoms with van der Waals surface area (Å²) < 4.78 is 5.34. The summed E-state index contributed by atoms with van der Waals surface area (Å²) >= 11 is 0. The predicted molar refractivity (Wildman–Crippen MR) is 88.1 cm³/mol. The average Bonchev–Trinajstić information content (AvgIpc) is 2.48. The van der Waals surface area contributed by atoms with E-state index in [-0.39, 0.29) is 43.3 Å².